The van der Waals surface area contributed by atoms with Gasteiger partial charge in [0.15, 0.2) is 0 Å². The molecule has 1 aromatic heterocycles. The van der Waals surface area contributed by atoms with E-state index < -0.39 is 11.4 Å². The number of imide groups is 1. The Morgan fingerprint density at radius 1 is 1.09 bits per heavy atom. The largest absolute Gasteiger partial charge is 0.369 e. The van der Waals surface area contributed by atoms with Crippen molar-refractivity contribution in [2.45, 2.75) is 13.0 Å². The van der Waals surface area contributed by atoms with Crippen molar-refractivity contribution in [3.8, 4) is 0 Å². The Morgan fingerprint density at radius 2 is 1.70 bits per heavy atom. The highest BCUT2D eigenvalue weighted by molar-refractivity contribution is 6.06. The van der Waals surface area contributed by atoms with E-state index in [1.54, 1.807) is 0 Å². The third-order valence-electron chi connectivity index (χ3n) is 5.04. The number of nitrogens with zero attached hydrogens (tertiary/aromatic N) is 3. The van der Waals surface area contributed by atoms with Crippen LogP contribution >= 0.6 is 0 Å². The summed E-state index contributed by atoms with van der Waals surface area (Å²) in [5, 5.41) is 0. The van der Waals surface area contributed by atoms with Crippen LogP contribution in [0.15, 0.2) is 21.7 Å². The van der Waals surface area contributed by atoms with Crippen molar-refractivity contribution >= 4 is 17.8 Å². The van der Waals surface area contributed by atoms with Crippen molar-refractivity contribution in [1.82, 2.24) is 19.4 Å². The lowest BCUT2D eigenvalue weighted by Gasteiger charge is -2.17. The molecular weight excluding hydrogens is 302 g/mol. The summed E-state index contributed by atoms with van der Waals surface area (Å²) in [5.74, 6) is -0.961. The van der Waals surface area contributed by atoms with Crippen molar-refractivity contribution in [2.24, 2.45) is 23.7 Å². The van der Waals surface area contributed by atoms with E-state index in [9.17, 15) is 19.2 Å². The van der Waals surface area contributed by atoms with E-state index in [1.807, 2.05) is 12.2 Å². The number of aromatic nitrogens is 3. The molecule has 4 unspecified atom stereocenters. The molecule has 9 nitrogen and oxygen atoms in total. The fourth-order valence-corrected chi connectivity index (χ4v) is 4.04. The fourth-order valence-electron chi connectivity index (χ4n) is 4.04. The molecular formula is C14H15N5O4. The number of anilines is 1. The highest BCUT2D eigenvalue weighted by Gasteiger charge is 2.58. The van der Waals surface area contributed by atoms with Crippen molar-refractivity contribution < 1.29 is 9.59 Å². The molecule has 2 fully saturated rings. The predicted molar refractivity (Wildman–Crippen MR) is 78.0 cm³/mol. The highest BCUT2D eigenvalue weighted by Crippen LogP contribution is 2.52. The SMILES string of the molecule is Nc1nc(=O)n(CCN2C(=O)C3C4C=CC(C4)C3C2=O)c(=O)[nH]1. The van der Waals surface area contributed by atoms with E-state index in [2.05, 4.69) is 9.97 Å². The molecule has 3 N–H and O–H groups in total. The second-order valence-electron chi connectivity index (χ2n) is 6.19. The second-order valence-corrected chi connectivity index (χ2v) is 6.19. The van der Waals surface area contributed by atoms with Crippen molar-refractivity contribution in [2.75, 3.05) is 12.3 Å². The molecule has 1 aliphatic heterocycles. The zero-order chi connectivity index (χ0) is 16.3. The molecule has 0 spiro atoms. The first-order valence-electron chi connectivity index (χ1n) is 7.47. The molecule has 2 aliphatic carbocycles. The van der Waals surface area contributed by atoms with Gasteiger partial charge >= 0.3 is 11.4 Å². The molecule has 1 saturated heterocycles. The first-order valence-corrected chi connectivity index (χ1v) is 7.47. The average Bonchev–Trinajstić information content (AvgIpc) is 3.14. The molecule has 23 heavy (non-hydrogen) atoms. The van der Waals surface area contributed by atoms with Crippen molar-refractivity contribution in [3.63, 3.8) is 0 Å². The van der Waals surface area contributed by atoms with Crippen LogP contribution in [-0.4, -0.2) is 37.8 Å². The van der Waals surface area contributed by atoms with Crippen molar-refractivity contribution in [3.05, 3.63) is 33.1 Å². The summed E-state index contributed by atoms with van der Waals surface area (Å²) in [5.41, 5.74) is 3.78. The Bertz CT molecular complexity index is 792. The van der Waals surface area contributed by atoms with Crippen LogP contribution in [0.3, 0.4) is 0 Å². The minimum Gasteiger partial charge on any atom is -0.369 e. The first kappa shape index (κ1) is 13.9. The predicted octanol–water partition coefficient (Wildman–Crippen LogP) is -1.68. The summed E-state index contributed by atoms with van der Waals surface area (Å²) in [4.78, 5) is 55.2. The average molecular weight is 317 g/mol. The van der Waals surface area contributed by atoms with Gasteiger partial charge in [-0.2, -0.15) is 4.98 Å². The van der Waals surface area contributed by atoms with Gasteiger partial charge in [0.05, 0.1) is 18.4 Å². The van der Waals surface area contributed by atoms with Gasteiger partial charge in [0, 0.05) is 6.54 Å². The van der Waals surface area contributed by atoms with Gasteiger partial charge in [0.1, 0.15) is 0 Å². The van der Waals surface area contributed by atoms with Crippen LogP contribution in [0.25, 0.3) is 0 Å². The Morgan fingerprint density at radius 3 is 2.26 bits per heavy atom. The highest BCUT2D eigenvalue weighted by atomic mass is 16.2. The van der Waals surface area contributed by atoms with Crippen LogP contribution in [0.1, 0.15) is 6.42 Å². The van der Waals surface area contributed by atoms with E-state index in [4.69, 9.17) is 5.73 Å². The molecule has 9 heteroatoms. The standard InChI is InChI=1S/C14H15N5O4/c15-12-16-13(22)19(14(23)17-12)4-3-18-10(20)8-6-1-2-7(5-6)9(8)11(18)21/h1-2,6-9H,3-5H2,(H3,15,16,17,22,23). The number of rotatable bonds is 3. The van der Waals surface area contributed by atoms with Crippen LogP contribution in [0.4, 0.5) is 5.95 Å². The maximum absolute atomic E-state index is 12.5. The molecule has 0 aromatic carbocycles. The number of fused-ring (bicyclic) bond motifs is 5. The minimum atomic E-state index is -0.799. The van der Waals surface area contributed by atoms with Gasteiger partial charge in [-0.1, -0.05) is 12.2 Å². The number of hydrogen-bond acceptors (Lipinski definition) is 6. The number of nitrogens with one attached hydrogen (secondary N) is 1. The third-order valence-corrected chi connectivity index (χ3v) is 5.04. The second kappa shape index (κ2) is 4.64. The maximum atomic E-state index is 12.5. The molecule has 3 aliphatic rings. The number of aromatic amines is 1. The summed E-state index contributed by atoms with van der Waals surface area (Å²) in [6.07, 6.45) is 4.89. The van der Waals surface area contributed by atoms with Crippen molar-refractivity contribution in [1.29, 1.82) is 0 Å². The van der Waals surface area contributed by atoms with Gasteiger partial charge < -0.3 is 5.73 Å². The lowest BCUT2D eigenvalue weighted by Crippen LogP contribution is -2.42. The van der Waals surface area contributed by atoms with Crippen LogP contribution in [-0.2, 0) is 16.1 Å². The molecule has 4 atom stereocenters. The van der Waals surface area contributed by atoms with Gasteiger partial charge in [-0.25, -0.2) is 14.2 Å². The van der Waals surface area contributed by atoms with Gasteiger partial charge in [0.2, 0.25) is 17.8 Å². The summed E-state index contributed by atoms with van der Waals surface area (Å²) >= 11 is 0. The number of allylic oxidation sites excluding steroid dienone is 2. The number of nitrogen functional groups attached to an aromatic ring is 1. The summed E-state index contributed by atoms with van der Waals surface area (Å²) < 4.78 is 0.831. The van der Waals surface area contributed by atoms with E-state index >= 15 is 0 Å². The van der Waals surface area contributed by atoms with E-state index in [0.717, 1.165) is 11.0 Å². The lowest BCUT2D eigenvalue weighted by atomic mass is 9.85. The normalized spacial score (nSPS) is 31.2. The molecule has 0 radical (unpaired) electrons. The molecule has 120 valence electrons. The maximum Gasteiger partial charge on any atom is 0.354 e. The number of hydrogen-bond donors (Lipinski definition) is 2. The monoisotopic (exact) mass is 317 g/mol. The number of amides is 2. The summed E-state index contributed by atoms with van der Waals surface area (Å²) in [6.45, 7) is -0.111. The Hall–Kier alpha value is -2.71. The van der Waals surface area contributed by atoms with Gasteiger partial charge in [-0.15, -0.1) is 0 Å². The van der Waals surface area contributed by atoms with Gasteiger partial charge in [-0.3, -0.25) is 19.5 Å². The third kappa shape index (κ3) is 1.89. The molecule has 2 heterocycles. The number of carbonyl (C=O) groups excluding carboxylic acids is 2. The number of H-pyrrole nitrogens is 1. The van der Waals surface area contributed by atoms with E-state index in [1.165, 1.54) is 4.90 Å². The number of nitrogens with two attached hydrogens (primary N) is 1. The molecule has 1 aromatic rings. The Kier molecular flexibility index (Phi) is 2.81. The smallest absolute Gasteiger partial charge is 0.354 e. The van der Waals surface area contributed by atoms with Crippen LogP contribution in [0.2, 0.25) is 0 Å². The topological polar surface area (TPSA) is 131 Å². The Labute approximate surface area is 129 Å². The zero-order valence-electron chi connectivity index (χ0n) is 12.1. The van der Waals surface area contributed by atoms with Crippen LogP contribution in [0, 0.1) is 23.7 Å². The molecule has 2 bridgehead atoms. The molecule has 4 rings (SSSR count). The van der Waals surface area contributed by atoms with E-state index in [0.29, 0.717) is 0 Å². The summed E-state index contributed by atoms with van der Waals surface area (Å²) in [6, 6.07) is 0. The van der Waals surface area contributed by atoms with Gasteiger partial charge in [0.25, 0.3) is 0 Å². The molecule has 1 saturated carbocycles. The van der Waals surface area contributed by atoms with Crippen LogP contribution in [0.5, 0.6) is 0 Å². The lowest BCUT2D eigenvalue weighted by molar-refractivity contribution is -0.140. The number of likely N-dealkylation sites (tertiary alicyclic amines) is 1. The summed E-state index contributed by atoms with van der Waals surface area (Å²) in [7, 11) is 0. The minimum absolute atomic E-state index is 0.0152. The van der Waals surface area contributed by atoms with Crippen LogP contribution < -0.4 is 17.1 Å². The quantitative estimate of drug-likeness (QED) is 0.506. The zero-order valence-corrected chi connectivity index (χ0v) is 12.1. The van der Waals surface area contributed by atoms with Gasteiger partial charge in [-0.05, 0) is 18.3 Å². The Balaban J connectivity index is 1.55. The fraction of sp³-hybridized carbons (Fsp3) is 0.500. The first-order chi connectivity index (χ1) is 11.0. The van der Waals surface area contributed by atoms with E-state index in [-0.39, 0.29) is 54.5 Å². The number of carbonyl (C=O) groups is 2. The molecule has 2 amide bonds.